The van der Waals surface area contributed by atoms with Crippen LogP contribution in [0.4, 0.5) is 28.6 Å². The first kappa shape index (κ1) is 29.4. The van der Waals surface area contributed by atoms with Crippen LogP contribution in [0, 0.1) is 0 Å². The van der Waals surface area contributed by atoms with E-state index < -0.39 is 0 Å². The summed E-state index contributed by atoms with van der Waals surface area (Å²) in [6.45, 7) is 1.78. The van der Waals surface area contributed by atoms with Crippen molar-refractivity contribution < 1.29 is 15.0 Å². The van der Waals surface area contributed by atoms with Crippen LogP contribution >= 0.6 is 0 Å². The molecule has 0 radical (unpaired) electrons. The molecule has 1 amide bonds. The van der Waals surface area contributed by atoms with Crippen molar-refractivity contribution in [3.8, 4) is 11.1 Å². The number of fused-ring (bicyclic) bond motifs is 1. The van der Waals surface area contributed by atoms with Crippen molar-refractivity contribution in [2.45, 2.75) is 32.0 Å². The fraction of sp³-hybridized carbons (Fsp3) is 0.324. The van der Waals surface area contributed by atoms with Crippen molar-refractivity contribution in [2.75, 3.05) is 53.7 Å². The molecule has 10 heteroatoms. The van der Waals surface area contributed by atoms with Gasteiger partial charge in [0.15, 0.2) is 0 Å². The van der Waals surface area contributed by atoms with E-state index in [0.717, 1.165) is 54.0 Å². The van der Waals surface area contributed by atoms with Gasteiger partial charge in [-0.3, -0.25) is 9.59 Å². The number of nitrogens with zero attached hydrogens (tertiary/aromatic N) is 5. The molecular formula is C34H38N6O4. The molecule has 0 spiro atoms. The fourth-order valence-corrected chi connectivity index (χ4v) is 6.10. The number of hydrogen-bond donors (Lipinski definition) is 3. The summed E-state index contributed by atoms with van der Waals surface area (Å²) in [6, 6.07) is 17.1. The first-order chi connectivity index (χ1) is 21.2. The summed E-state index contributed by atoms with van der Waals surface area (Å²) < 4.78 is 1.50. The van der Waals surface area contributed by atoms with E-state index in [2.05, 4.69) is 21.3 Å². The first-order valence-corrected chi connectivity index (χ1v) is 15.0. The molecule has 0 bridgehead atoms. The van der Waals surface area contributed by atoms with E-state index in [4.69, 9.17) is 0 Å². The van der Waals surface area contributed by atoms with Crippen molar-refractivity contribution in [1.82, 2.24) is 9.55 Å². The van der Waals surface area contributed by atoms with Crippen LogP contribution in [0.1, 0.15) is 34.3 Å². The van der Waals surface area contributed by atoms with Crippen LogP contribution in [-0.2, 0) is 20.1 Å². The Labute approximate surface area is 256 Å². The number of hydrogen-bond acceptors (Lipinski definition) is 8. The van der Waals surface area contributed by atoms with Gasteiger partial charge in [0.05, 0.1) is 30.3 Å². The van der Waals surface area contributed by atoms with Gasteiger partial charge in [0.25, 0.3) is 11.5 Å². The number of carbonyl (C=O) groups is 1. The number of carbonyl (C=O) groups excluding carboxylic acids is 1. The molecule has 0 saturated carbocycles. The van der Waals surface area contributed by atoms with Crippen molar-refractivity contribution >= 4 is 34.5 Å². The Bertz CT molecular complexity index is 1740. The van der Waals surface area contributed by atoms with E-state index in [1.807, 2.05) is 61.5 Å². The molecule has 44 heavy (non-hydrogen) atoms. The van der Waals surface area contributed by atoms with Crippen LogP contribution in [0.2, 0.25) is 0 Å². The van der Waals surface area contributed by atoms with Gasteiger partial charge in [0.2, 0.25) is 0 Å². The molecule has 4 aromatic rings. The minimum atomic E-state index is -0.274. The highest BCUT2D eigenvalue weighted by Crippen LogP contribution is 2.35. The third kappa shape index (κ3) is 5.66. The average molecular weight is 595 g/mol. The monoisotopic (exact) mass is 594 g/mol. The summed E-state index contributed by atoms with van der Waals surface area (Å²) >= 11 is 0. The number of amides is 1. The summed E-state index contributed by atoms with van der Waals surface area (Å²) in [4.78, 5) is 37.3. The van der Waals surface area contributed by atoms with E-state index >= 15 is 0 Å². The molecule has 10 nitrogen and oxygen atoms in total. The van der Waals surface area contributed by atoms with Gasteiger partial charge in [-0.05, 0) is 72.9 Å². The van der Waals surface area contributed by atoms with Crippen LogP contribution in [0.15, 0.2) is 71.8 Å². The molecule has 1 fully saturated rings. The number of pyridine rings is 2. The molecule has 0 aliphatic carbocycles. The van der Waals surface area contributed by atoms with E-state index in [9.17, 15) is 19.8 Å². The Balaban J connectivity index is 1.29. The van der Waals surface area contributed by atoms with Gasteiger partial charge < -0.3 is 34.8 Å². The number of piperidine rings is 1. The molecule has 2 aliphatic heterocycles. The zero-order valence-corrected chi connectivity index (χ0v) is 25.3. The highest BCUT2D eigenvalue weighted by molar-refractivity contribution is 6.09. The largest absolute Gasteiger partial charge is 0.393 e. The minimum absolute atomic E-state index is 0.0959. The van der Waals surface area contributed by atoms with E-state index in [-0.39, 0.29) is 24.2 Å². The van der Waals surface area contributed by atoms with Crippen LogP contribution in [-0.4, -0.2) is 65.5 Å². The third-order valence-electron chi connectivity index (χ3n) is 8.62. The van der Waals surface area contributed by atoms with Crippen LogP contribution in [0.3, 0.4) is 0 Å². The lowest BCUT2D eigenvalue weighted by Gasteiger charge is -2.31. The average Bonchev–Trinajstić information content (AvgIpc) is 3.03. The molecule has 0 unspecified atom stereocenters. The molecule has 2 aromatic heterocycles. The summed E-state index contributed by atoms with van der Waals surface area (Å²) in [6.07, 6.45) is 5.44. The number of nitrogens with one attached hydrogen (secondary N) is 1. The maximum absolute atomic E-state index is 13.7. The number of aliphatic hydroxyl groups excluding tert-OH is 2. The van der Waals surface area contributed by atoms with Gasteiger partial charge in [-0.15, -0.1) is 0 Å². The van der Waals surface area contributed by atoms with E-state index in [1.165, 1.54) is 4.57 Å². The van der Waals surface area contributed by atoms with Gasteiger partial charge >= 0.3 is 0 Å². The minimum Gasteiger partial charge on any atom is -0.393 e. The van der Waals surface area contributed by atoms with Gasteiger partial charge in [0.1, 0.15) is 11.5 Å². The second-order valence-corrected chi connectivity index (χ2v) is 11.7. The number of aryl methyl sites for hydroxylation is 1. The summed E-state index contributed by atoms with van der Waals surface area (Å²) in [5, 5.41) is 23.6. The Hall–Kier alpha value is -4.67. The second kappa shape index (κ2) is 12.1. The summed E-state index contributed by atoms with van der Waals surface area (Å²) in [7, 11) is 5.65. The molecule has 2 aliphatic rings. The Morgan fingerprint density at radius 2 is 1.80 bits per heavy atom. The van der Waals surface area contributed by atoms with E-state index in [1.54, 1.807) is 30.4 Å². The number of rotatable bonds is 7. The second-order valence-electron chi connectivity index (χ2n) is 11.7. The number of benzene rings is 2. The van der Waals surface area contributed by atoms with Crippen LogP contribution in [0.25, 0.3) is 11.1 Å². The normalized spacial score (nSPS) is 15.3. The Morgan fingerprint density at radius 3 is 2.50 bits per heavy atom. The number of anilines is 5. The maximum atomic E-state index is 13.7. The SMILES string of the molecule is CN(C)c1ccc2c(c1)CCN(c1cccc(-c3cc(Nc4ccc(N5CCC(O)CC5)cn4)c(=O)n(C)c3)c1CO)C2=O. The van der Waals surface area contributed by atoms with E-state index in [0.29, 0.717) is 41.3 Å². The lowest BCUT2D eigenvalue weighted by molar-refractivity contribution is 0.0980. The maximum Gasteiger partial charge on any atom is 0.274 e. The predicted molar refractivity (Wildman–Crippen MR) is 174 cm³/mol. The summed E-state index contributed by atoms with van der Waals surface area (Å²) in [5.41, 5.74) is 6.58. The Morgan fingerprint density at radius 1 is 1.00 bits per heavy atom. The zero-order valence-electron chi connectivity index (χ0n) is 25.3. The molecule has 228 valence electrons. The topological polar surface area (TPSA) is 114 Å². The standard InChI is InChI=1S/C34H38N6O4/c1-37(2)24-7-9-28-22(17-24)11-16-40(33(28)43)31-6-4-5-27(29(31)21-41)23-18-30(34(44)38(3)20-23)36-32-10-8-25(19-35-32)39-14-12-26(42)13-15-39/h4-10,17-20,26,41-42H,11-16,21H2,1-3H3,(H,35,36). The van der Waals surface area contributed by atoms with Crippen LogP contribution < -0.4 is 25.6 Å². The van der Waals surface area contributed by atoms with Crippen molar-refractivity contribution in [3.05, 3.63) is 94.0 Å². The lowest BCUT2D eigenvalue weighted by atomic mass is 9.94. The van der Waals surface area contributed by atoms with Gasteiger partial charge in [-0.2, -0.15) is 0 Å². The Kier molecular flexibility index (Phi) is 8.11. The van der Waals surface area contributed by atoms with Crippen molar-refractivity contribution in [1.29, 1.82) is 0 Å². The first-order valence-electron chi connectivity index (χ1n) is 15.0. The number of aliphatic hydroxyl groups is 2. The molecule has 6 rings (SSSR count). The van der Waals surface area contributed by atoms with Gasteiger partial charge in [0, 0.05) is 69.4 Å². The molecule has 0 atom stereocenters. The molecule has 2 aromatic carbocycles. The predicted octanol–water partition coefficient (Wildman–Crippen LogP) is 3.91. The molecule has 1 saturated heterocycles. The molecule has 3 N–H and O–H groups in total. The fourth-order valence-electron chi connectivity index (χ4n) is 6.10. The third-order valence-corrected chi connectivity index (χ3v) is 8.62. The smallest absolute Gasteiger partial charge is 0.274 e. The summed E-state index contributed by atoms with van der Waals surface area (Å²) in [5.74, 6) is 0.438. The highest BCUT2D eigenvalue weighted by Gasteiger charge is 2.28. The van der Waals surface area contributed by atoms with Crippen LogP contribution in [0.5, 0.6) is 0 Å². The quantitative estimate of drug-likeness (QED) is 0.295. The van der Waals surface area contributed by atoms with Crippen molar-refractivity contribution in [3.63, 3.8) is 0 Å². The van der Waals surface area contributed by atoms with Crippen molar-refractivity contribution in [2.24, 2.45) is 7.05 Å². The molecule has 4 heterocycles. The molecular weight excluding hydrogens is 556 g/mol. The highest BCUT2D eigenvalue weighted by atomic mass is 16.3. The lowest BCUT2D eigenvalue weighted by Crippen LogP contribution is -2.38. The van der Waals surface area contributed by atoms with Gasteiger partial charge in [-0.1, -0.05) is 12.1 Å². The van der Waals surface area contributed by atoms with Gasteiger partial charge in [-0.25, -0.2) is 4.98 Å². The zero-order chi connectivity index (χ0) is 31.0. The number of aromatic nitrogens is 2.